The Bertz CT molecular complexity index is 1550. The van der Waals surface area contributed by atoms with Crippen LogP contribution in [0.4, 0.5) is 24.5 Å². The molecule has 0 spiro atoms. The van der Waals surface area contributed by atoms with Gasteiger partial charge in [-0.25, -0.2) is 14.4 Å². The third kappa shape index (κ3) is 4.24. The molecule has 4 rings (SSSR count). The van der Waals surface area contributed by atoms with Gasteiger partial charge in [-0.3, -0.25) is 14.1 Å². The molecule has 0 bridgehead atoms. The second-order valence-electron chi connectivity index (χ2n) is 9.02. The van der Waals surface area contributed by atoms with Crippen molar-refractivity contribution in [1.82, 2.24) is 14.4 Å². The number of pyridine rings is 2. The van der Waals surface area contributed by atoms with Crippen molar-refractivity contribution in [2.75, 3.05) is 9.80 Å². The molecule has 0 aromatic carbocycles. The van der Waals surface area contributed by atoms with Crippen LogP contribution in [0.15, 0.2) is 47.5 Å². The topological polar surface area (TPSA) is 97.8 Å². The maximum Gasteiger partial charge on any atom is 0.294 e. The highest BCUT2D eigenvalue weighted by Crippen LogP contribution is 2.41. The van der Waals surface area contributed by atoms with E-state index in [-0.39, 0.29) is 22.1 Å². The van der Waals surface area contributed by atoms with Crippen molar-refractivity contribution in [2.45, 2.75) is 51.8 Å². The number of hydrogen-bond donors (Lipinski definition) is 1. The predicted octanol–water partition coefficient (Wildman–Crippen LogP) is 4.04. The molecule has 1 unspecified atom stereocenters. The SMILES string of the molecule is C/C=C/C(F)(F)c1cc(N2C(=S)N(c3cc(F)c4nc(CC)cc(=O)n4c3)C(C)(C)C2O)cnc1C#N. The van der Waals surface area contributed by atoms with Crippen molar-refractivity contribution >= 4 is 34.4 Å². The van der Waals surface area contributed by atoms with Crippen LogP contribution in [0.3, 0.4) is 0 Å². The number of halogens is 3. The van der Waals surface area contributed by atoms with E-state index in [0.29, 0.717) is 18.2 Å². The van der Waals surface area contributed by atoms with Gasteiger partial charge in [-0.15, -0.1) is 0 Å². The first kappa shape index (κ1) is 26.2. The number of fused-ring (bicyclic) bond motifs is 1. The molecular formula is C25H23F3N6O2S. The molecule has 0 radical (unpaired) electrons. The number of rotatable bonds is 5. The van der Waals surface area contributed by atoms with Gasteiger partial charge in [0.25, 0.3) is 11.5 Å². The molecule has 12 heteroatoms. The number of hydrogen-bond acceptors (Lipinski definition) is 6. The van der Waals surface area contributed by atoms with E-state index in [1.54, 1.807) is 26.8 Å². The minimum Gasteiger partial charge on any atom is -0.371 e. The summed E-state index contributed by atoms with van der Waals surface area (Å²) in [5, 5.41) is 20.5. The van der Waals surface area contributed by atoms with Crippen LogP contribution in [-0.2, 0) is 12.3 Å². The maximum atomic E-state index is 15.1. The van der Waals surface area contributed by atoms with Crippen molar-refractivity contribution < 1.29 is 18.3 Å². The van der Waals surface area contributed by atoms with E-state index in [2.05, 4.69) is 9.97 Å². The minimum atomic E-state index is -3.50. The van der Waals surface area contributed by atoms with Crippen molar-refractivity contribution in [3.8, 4) is 6.07 Å². The van der Waals surface area contributed by atoms with E-state index in [4.69, 9.17) is 12.2 Å². The molecule has 4 heterocycles. The van der Waals surface area contributed by atoms with Crippen LogP contribution in [-0.4, -0.2) is 36.4 Å². The number of aliphatic hydroxyl groups excluding tert-OH is 1. The molecule has 3 aromatic heterocycles. The molecule has 0 aliphatic carbocycles. The molecule has 8 nitrogen and oxygen atoms in total. The standard InChI is InChI=1S/C25H23F3N6O2S/c1-5-7-25(27,28)17-9-15(12-30-19(17)11-29)33-22(36)24(3,4)34(23(33)37)16-10-18(26)21-31-14(6-2)8-20(35)32(21)13-16/h5,7-10,12-13,22,36H,6H2,1-4H3/b7-5+. The lowest BCUT2D eigenvalue weighted by molar-refractivity contribution is 0.0512. The van der Waals surface area contributed by atoms with E-state index in [9.17, 15) is 23.9 Å². The Labute approximate surface area is 215 Å². The lowest BCUT2D eigenvalue weighted by Gasteiger charge is -2.33. The van der Waals surface area contributed by atoms with Gasteiger partial charge in [-0.1, -0.05) is 13.0 Å². The first-order valence-corrected chi connectivity index (χ1v) is 11.7. The molecule has 37 heavy (non-hydrogen) atoms. The van der Waals surface area contributed by atoms with E-state index in [1.807, 2.05) is 0 Å². The summed E-state index contributed by atoms with van der Waals surface area (Å²) in [6.45, 7) is 6.46. The summed E-state index contributed by atoms with van der Waals surface area (Å²) in [5.41, 5.74) is -2.37. The molecule has 1 aliphatic heterocycles. The maximum absolute atomic E-state index is 15.1. The summed E-state index contributed by atoms with van der Waals surface area (Å²) in [7, 11) is 0. The highest BCUT2D eigenvalue weighted by atomic mass is 32.1. The fraction of sp³-hybridized carbons (Fsp3) is 0.320. The number of aromatic nitrogens is 3. The molecule has 3 aromatic rings. The van der Waals surface area contributed by atoms with Gasteiger partial charge in [0.05, 0.1) is 28.7 Å². The number of aliphatic hydroxyl groups is 1. The molecule has 1 fully saturated rings. The summed E-state index contributed by atoms with van der Waals surface area (Å²) in [6.07, 6.45) is 3.38. The average Bonchev–Trinajstić information content (AvgIpc) is 3.02. The zero-order valence-electron chi connectivity index (χ0n) is 20.4. The summed E-state index contributed by atoms with van der Waals surface area (Å²) in [6, 6.07) is 5.15. The van der Waals surface area contributed by atoms with E-state index < -0.39 is 40.3 Å². The zero-order chi connectivity index (χ0) is 27.3. The van der Waals surface area contributed by atoms with Crippen LogP contribution in [0.5, 0.6) is 0 Å². The van der Waals surface area contributed by atoms with Crippen LogP contribution >= 0.6 is 12.2 Å². The second kappa shape index (κ2) is 9.24. The van der Waals surface area contributed by atoms with Gasteiger partial charge in [-0.05, 0) is 51.6 Å². The number of anilines is 2. The second-order valence-corrected chi connectivity index (χ2v) is 9.38. The molecule has 192 valence electrons. The third-order valence-electron chi connectivity index (χ3n) is 6.22. The third-order valence-corrected chi connectivity index (χ3v) is 6.60. The van der Waals surface area contributed by atoms with E-state index >= 15 is 4.39 Å². The molecule has 1 saturated heterocycles. The Morgan fingerprint density at radius 2 is 2.00 bits per heavy atom. The van der Waals surface area contributed by atoms with Crippen molar-refractivity contribution in [2.24, 2.45) is 0 Å². The highest BCUT2D eigenvalue weighted by Gasteiger charge is 2.50. The van der Waals surface area contributed by atoms with Crippen LogP contribution in [0.2, 0.25) is 0 Å². The first-order chi connectivity index (χ1) is 17.4. The molecule has 1 N–H and O–H groups in total. The predicted molar refractivity (Wildman–Crippen MR) is 136 cm³/mol. The van der Waals surface area contributed by atoms with Crippen LogP contribution < -0.4 is 15.4 Å². The summed E-state index contributed by atoms with van der Waals surface area (Å²) in [5.74, 6) is -4.28. The van der Waals surface area contributed by atoms with Crippen molar-refractivity contribution in [3.05, 3.63) is 75.9 Å². The Morgan fingerprint density at radius 1 is 1.30 bits per heavy atom. The average molecular weight is 529 g/mol. The summed E-state index contributed by atoms with van der Waals surface area (Å²) in [4.78, 5) is 23.3. The number of nitrogens with zero attached hydrogens (tertiary/aromatic N) is 6. The Balaban J connectivity index is 1.86. The van der Waals surface area contributed by atoms with Gasteiger partial charge in [0.1, 0.15) is 11.8 Å². The monoisotopic (exact) mass is 528 g/mol. The Kier molecular flexibility index (Phi) is 6.56. The molecule has 0 saturated carbocycles. The molecular weight excluding hydrogens is 505 g/mol. The van der Waals surface area contributed by atoms with Crippen LogP contribution in [0.25, 0.3) is 5.65 Å². The van der Waals surface area contributed by atoms with Gasteiger partial charge >= 0.3 is 0 Å². The fourth-order valence-corrected chi connectivity index (χ4v) is 4.86. The minimum absolute atomic E-state index is 0.0129. The summed E-state index contributed by atoms with van der Waals surface area (Å²) >= 11 is 5.61. The lowest BCUT2D eigenvalue weighted by atomic mass is 10.0. The Hall–Kier alpha value is -3.82. The van der Waals surface area contributed by atoms with Crippen molar-refractivity contribution in [1.29, 1.82) is 5.26 Å². The number of allylic oxidation sites excluding steroid dienone is 2. The van der Waals surface area contributed by atoms with Gasteiger partial charge in [0, 0.05) is 24.0 Å². The van der Waals surface area contributed by atoms with Gasteiger partial charge in [-0.2, -0.15) is 14.0 Å². The highest BCUT2D eigenvalue weighted by molar-refractivity contribution is 7.80. The largest absolute Gasteiger partial charge is 0.371 e. The van der Waals surface area contributed by atoms with Crippen LogP contribution in [0.1, 0.15) is 44.6 Å². The molecule has 0 amide bonds. The van der Waals surface area contributed by atoms with Crippen LogP contribution in [0, 0.1) is 17.1 Å². The quantitative estimate of drug-likeness (QED) is 0.392. The Morgan fingerprint density at radius 3 is 2.62 bits per heavy atom. The molecule has 1 aliphatic rings. The smallest absolute Gasteiger partial charge is 0.294 e. The normalized spacial score (nSPS) is 17.7. The number of aryl methyl sites for hydroxylation is 1. The number of nitriles is 1. The number of thiocarbonyl (C=S) groups is 1. The van der Waals surface area contributed by atoms with Gasteiger partial charge in [0.2, 0.25) is 0 Å². The van der Waals surface area contributed by atoms with E-state index in [1.165, 1.54) is 29.0 Å². The first-order valence-electron chi connectivity index (χ1n) is 11.3. The fourth-order valence-electron chi connectivity index (χ4n) is 4.31. The number of alkyl halides is 2. The van der Waals surface area contributed by atoms with Crippen molar-refractivity contribution in [3.63, 3.8) is 0 Å². The molecule has 1 atom stereocenters. The van der Waals surface area contributed by atoms with E-state index in [0.717, 1.165) is 28.8 Å². The zero-order valence-corrected chi connectivity index (χ0v) is 21.2. The van der Waals surface area contributed by atoms with Gasteiger partial charge in [0.15, 0.2) is 22.8 Å². The lowest BCUT2D eigenvalue weighted by Crippen LogP contribution is -2.47. The summed E-state index contributed by atoms with van der Waals surface area (Å²) < 4.78 is 45.7. The van der Waals surface area contributed by atoms with Gasteiger partial charge < -0.3 is 10.0 Å².